The highest BCUT2D eigenvalue weighted by Gasteiger charge is 2.26. The Kier molecular flexibility index (Phi) is 2.93. The van der Waals surface area contributed by atoms with Gasteiger partial charge < -0.3 is 8.97 Å². The normalized spacial score (nSPS) is 14.4. The summed E-state index contributed by atoms with van der Waals surface area (Å²) in [5, 5.41) is 18.5. The van der Waals surface area contributed by atoms with Crippen molar-refractivity contribution in [3.8, 4) is 6.07 Å². The van der Waals surface area contributed by atoms with Crippen molar-refractivity contribution in [2.24, 2.45) is 0 Å². The Morgan fingerprint density at radius 3 is 3.10 bits per heavy atom. The molecule has 1 aliphatic carbocycles. The molecule has 0 bridgehead atoms. The second-order valence-electron chi connectivity index (χ2n) is 5.17. The molecule has 0 aliphatic heterocycles. The lowest BCUT2D eigenvalue weighted by atomic mass is 10.2. The van der Waals surface area contributed by atoms with E-state index in [-0.39, 0.29) is 0 Å². The van der Waals surface area contributed by atoms with Crippen LogP contribution in [0.2, 0.25) is 0 Å². The first-order valence-electron chi connectivity index (χ1n) is 6.88. The molecule has 0 unspecified atom stereocenters. The molecular formula is C15H13N5S. The van der Waals surface area contributed by atoms with Gasteiger partial charge in [-0.2, -0.15) is 5.26 Å². The van der Waals surface area contributed by atoms with Crippen LogP contribution in [0.5, 0.6) is 0 Å². The molecule has 0 saturated heterocycles. The van der Waals surface area contributed by atoms with E-state index >= 15 is 0 Å². The number of nitriles is 1. The number of aromatic nitrogens is 4. The van der Waals surface area contributed by atoms with E-state index in [4.69, 9.17) is 0 Å². The van der Waals surface area contributed by atoms with Gasteiger partial charge >= 0.3 is 0 Å². The fourth-order valence-electron chi connectivity index (χ4n) is 2.50. The lowest BCUT2D eigenvalue weighted by Crippen LogP contribution is -1.94. The topological polar surface area (TPSA) is 58.9 Å². The number of rotatable bonds is 4. The molecule has 0 atom stereocenters. The molecule has 1 aliphatic rings. The van der Waals surface area contributed by atoms with Crippen LogP contribution in [0, 0.1) is 11.3 Å². The van der Waals surface area contributed by atoms with E-state index in [1.165, 1.54) is 12.8 Å². The predicted octanol–water partition coefficient (Wildman–Crippen LogP) is 3.03. The average Bonchev–Trinajstić information content (AvgIpc) is 3.13. The van der Waals surface area contributed by atoms with Crippen molar-refractivity contribution in [3.63, 3.8) is 0 Å². The number of hydrogen-bond donors (Lipinski definition) is 0. The molecule has 0 radical (unpaired) electrons. The van der Waals surface area contributed by atoms with E-state index < -0.39 is 0 Å². The summed E-state index contributed by atoms with van der Waals surface area (Å²) in [6.45, 7) is 0. The fourth-order valence-corrected chi connectivity index (χ4v) is 3.45. The summed E-state index contributed by atoms with van der Waals surface area (Å²) in [7, 11) is 0. The van der Waals surface area contributed by atoms with Gasteiger partial charge in [0.2, 0.25) is 0 Å². The molecule has 21 heavy (non-hydrogen) atoms. The number of thioether (sulfide) groups is 1. The third-order valence-electron chi connectivity index (χ3n) is 3.71. The van der Waals surface area contributed by atoms with E-state index in [1.807, 2.05) is 35.0 Å². The molecule has 1 fully saturated rings. The smallest absolute Gasteiger partial charge is 0.191 e. The predicted molar refractivity (Wildman–Crippen MR) is 80.0 cm³/mol. The summed E-state index contributed by atoms with van der Waals surface area (Å²) in [6.07, 6.45) is 8.23. The van der Waals surface area contributed by atoms with Gasteiger partial charge in [-0.15, -0.1) is 10.2 Å². The molecule has 3 aromatic heterocycles. The minimum Gasteiger partial charge on any atom is -0.322 e. The maximum absolute atomic E-state index is 9.41. The Morgan fingerprint density at radius 2 is 2.29 bits per heavy atom. The van der Waals surface area contributed by atoms with Crippen LogP contribution >= 0.6 is 11.8 Å². The van der Waals surface area contributed by atoms with Crippen molar-refractivity contribution in [2.75, 3.05) is 0 Å². The van der Waals surface area contributed by atoms with Crippen LogP contribution in [0.3, 0.4) is 0 Å². The Morgan fingerprint density at radius 1 is 1.38 bits per heavy atom. The third kappa shape index (κ3) is 2.20. The van der Waals surface area contributed by atoms with Crippen molar-refractivity contribution in [1.29, 1.82) is 5.26 Å². The second-order valence-corrected chi connectivity index (χ2v) is 6.12. The molecule has 5 nitrogen and oxygen atoms in total. The molecule has 0 N–H and O–H groups in total. The zero-order valence-electron chi connectivity index (χ0n) is 11.3. The highest BCUT2D eigenvalue weighted by molar-refractivity contribution is 7.98. The largest absolute Gasteiger partial charge is 0.322 e. The van der Waals surface area contributed by atoms with Crippen LogP contribution in [0.4, 0.5) is 0 Å². The van der Waals surface area contributed by atoms with E-state index in [0.717, 1.165) is 27.6 Å². The minimum absolute atomic E-state index is 0.575. The molecule has 0 spiro atoms. The van der Waals surface area contributed by atoms with Crippen LogP contribution in [-0.2, 0) is 5.75 Å². The molecule has 6 heteroatoms. The molecule has 104 valence electrons. The number of hydrogen-bond acceptors (Lipinski definition) is 4. The fraction of sp³-hybridized carbons (Fsp3) is 0.267. The Bertz CT molecular complexity index is 837. The summed E-state index contributed by atoms with van der Waals surface area (Å²) < 4.78 is 4.15. The van der Waals surface area contributed by atoms with Gasteiger partial charge in [0, 0.05) is 24.2 Å². The molecule has 4 rings (SSSR count). The first kappa shape index (κ1) is 12.5. The minimum atomic E-state index is 0.575. The highest BCUT2D eigenvalue weighted by atomic mass is 32.2. The lowest BCUT2D eigenvalue weighted by molar-refractivity contribution is 0.663. The van der Waals surface area contributed by atoms with Gasteiger partial charge in [-0.3, -0.25) is 0 Å². The van der Waals surface area contributed by atoms with Gasteiger partial charge in [0.25, 0.3) is 0 Å². The lowest BCUT2D eigenvalue weighted by Gasteiger charge is -2.03. The Hall–Kier alpha value is -2.26. The van der Waals surface area contributed by atoms with Gasteiger partial charge in [0.1, 0.15) is 12.4 Å². The van der Waals surface area contributed by atoms with Crippen LogP contribution in [0.1, 0.15) is 30.0 Å². The zero-order valence-corrected chi connectivity index (χ0v) is 12.1. The molecule has 0 amide bonds. The molecule has 3 aromatic rings. The van der Waals surface area contributed by atoms with Gasteiger partial charge in [-0.1, -0.05) is 17.8 Å². The maximum Gasteiger partial charge on any atom is 0.191 e. The van der Waals surface area contributed by atoms with Crippen molar-refractivity contribution in [1.82, 2.24) is 19.2 Å². The molecule has 1 saturated carbocycles. The monoisotopic (exact) mass is 295 g/mol. The molecule has 3 heterocycles. The number of fused-ring (bicyclic) bond motifs is 1. The quantitative estimate of drug-likeness (QED) is 0.694. The van der Waals surface area contributed by atoms with Gasteiger partial charge in [-0.25, -0.2) is 0 Å². The third-order valence-corrected chi connectivity index (χ3v) is 4.72. The van der Waals surface area contributed by atoms with Crippen LogP contribution in [0.15, 0.2) is 42.1 Å². The summed E-state index contributed by atoms with van der Waals surface area (Å²) >= 11 is 1.64. The molecular weight excluding hydrogens is 282 g/mol. The second kappa shape index (κ2) is 4.93. The van der Waals surface area contributed by atoms with Crippen molar-refractivity contribution in [3.05, 3.63) is 48.0 Å². The number of nitrogens with zero attached hydrogens (tertiary/aromatic N) is 5. The van der Waals surface area contributed by atoms with E-state index in [9.17, 15) is 5.26 Å². The van der Waals surface area contributed by atoms with Gasteiger partial charge in [-0.05, 0) is 30.5 Å². The summed E-state index contributed by atoms with van der Waals surface area (Å²) in [6, 6.07) is 8.79. The first-order valence-corrected chi connectivity index (χ1v) is 7.86. The Balaban J connectivity index is 1.62. The van der Waals surface area contributed by atoms with E-state index in [1.54, 1.807) is 18.1 Å². The maximum atomic E-state index is 9.41. The standard InChI is InChI=1S/C15H13N5S/c16-7-13-11(8-19-6-2-1-3-14(13)19)9-21-15-18-17-10-20(15)12-4-5-12/h1-3,6,8,10,12H,4-5,9H2. The SMILES string of the molecule is N#Cc1c(CSc2nncn2C2CC2)cn2ccccc12. The van der Waals surface area contributed by atoms with Crippen molar-refractivity contribution < 1.29 is 0 Å². The van der Waals surface area contributed by atoms with E-state index in [2.05, 4.69) is 20.8 Å². The Labute approximate surface area is 126 Å². The van der Waals surface area contributed by atoms with Crippen LogP contribution < -0.4 is 0 Å². The van der Waals surface area contributed by atoms with E-state index in [0.29, 0.717) is 6.04 Å². The van der Waals surface area contributed by atoms with Gasteiger partial charge in [0.15, 0.2) is 5.16 Å². The van der Waals surface area contributed by atoms with Crippen LogP contribution in [-0.4, -0.2) is 19.2 Å². The van der Waals surface area contributed by atoms with Gasteiger partial charge in [0.05, 0.1) is 11.1 Å². The van der Waals surface area contributed by atoms with Crippen molar-refractivity contribution in [2.45, 2.75) is 29.8 Å². The van der Waals surface area contributed by atoms with Crippen molar-refractivity contribution >= 4 is 17.3 Å². The zero-order chi connectivity index (χ0) is 14.2. The first-order chi connectivity index (χ1) is 10.4. The van der Waals surface area contributed by atoms with Crippen LogP contribution in [0.25, 0.3) is 5.52 Å². The summed E-state index contributed by atoms with van der Waals surface area (Å²) in [5.41, 5.74) is 2.75. The summed E-state index contributed by atoms with van der Waals surface area (Å²) in [4.78, 5) is 0. The average molecular weight is 295 g/mol. The number of pyridine rings is 1. The molecule has 0 aromatic carbocycles. The highest BCUT2D eigenvalue weighted by Crippen LogP contribution is 2.38. The summed E-state index contributed by atoms with van der Waals surface area (Å²) in [5.74, 6) is 0.732.